The molecule has 0 fully saturated rings. The van der Waals surface area contributed by atoms with Crippen molar-refractivity contribution in [2.75, 3.05) is 5.73 Å². The average molecular weight is 212 g/mol. The van der Waals surface area contributed by atoms with Crippen LogP contribution in [-0.2, 0) is 6.42 Å². The van der Waals surface area contributed by atoms with Crippen molar-refractivity contribution in [2.24, 2.45) is 0 Å². The standard InChI is InChI=1S/C12H12N4/c13-12-11(15-6-7-16-12)9-4-3-8-2-1-5-14-10(8)9/h1-2,5-7,9H,3-4H2,(H2,13,16). The Bertz CT molecular complexity index is 524. The molecule has 0 amide bonds. The van der Waals surface area contributed by atoms with Gasteiger partial charge in [0.2, 0.25) is 0 Å². The summed E-state index contributed by atoms with van der Waals surface area (Å²) in [6.45, 7) is 0. The van der Waals surface area contributed by atoms with E-state index in [1.165, 1.54) is 5.56 Å². The number of nitrogens with two attached hydrogens (primary N) is 1. The van der Waals surface area contributed by atoms with E-state index in [0.717, 1.165) is 24.2 Å². The van der Waals surface area contributed by atoms with Gasteiger partial charge >= 0.3 is 0 Å². The average Bonchev–Trinajstić information content (AvgIpc) is 2.74. The molecular formula is C12H12N4. The van der Waals surface area contributed by atoms with Gasteiger partial charge in [-0.1, -0.05) is 6.07 Å². The number of rotatable bonds is 1. The maximum atomic E-state index is 5.86. The summed E-state index contributed by atoms with van der Waals surface area (Å²) in [5, 5.41) is 0. The molecule has 0 bridgehead atoms. The highest BCUT2D eigenvalue weighted by Gasteiger charge is 2.27. The van der Waals surface area contributed by atoms with Crippen LogP contribution in [0, 0.1) is 0 Å². The van der Waals surface area contributed by atoms with E-state index in [2.05, 4.69) is 21.0 Å². The number of aromatic nitrogens is 3. The Balaban J connectivity index is 2.08. The molecule has 3 rings (SSSR count). The topological polar surface area (TPSA) is 64.7 Å². The molecule has 1 unspecified atom stereocenters. The molecule has 2 aromatic rings. The zero-order valence-electron chi connectivity index (χ0n) is 8.80. The fourth-order valence-electron chi connectivity index (χ4n) is 2.31. The summed E-state index contributed by atoms with van der Waals surface area (Å²) in [5.41, 5.74) is 9.13. The minimum Gasteiger partial charge on any atom is -0.382 e. The van der Waals surface area contributed by atoms with Gasteiger partial charge in [0.25, 0.3) is 0 Å². The highest BCUT2D eigenvalue weighted by molar-refractivity contribution is 5.44. The van der Waals surface area contributed by atoms with Gasteiger partial charge in [0.15, 0.2) is 0 Å². The summed E-state index contributed by atoms with van der Waals surface area (Å²) in [6, 6.07) is 4.09. The summed E-state index contributed by atoms with van der Waals surface area (Å²) >= 11 is 0. The second-order valence-electron chi connectivity index (χ2n) is 3.97. The number of anilines is 1. The Morgan fingerprint density at radius 3 is 2.75 bits per heavy atom. The Morgan fingerprint density at radius 2 is 1.88 bits per heavy atom. The van der Waals surface area contributed by atoms with Crippen LogP contribution in [0.1, 0.15) is 29.3 Å². The van der Waals surface area contributed by atoms with Crippen LogP contribution in [0.4, 0.5) is 5.82 Å². The zero-order chi connectivity index (χ0) is 11.0. The van der Waals surface area contributed by atoms with Gasteiger partial charge in [0.05, 0.1) is 11.4 Å². The second-order valence-corrected chi connectivity index (χ2v) is 3.97. The minimum atomic E-state index is 0.213. The van der Waals surface area contributed by atoms with Crippen molar-refractivity contribution in [1.29, 1.82) is 0 Å². The van der Waals surface area contributed by atoms with E-state index in [-0.39, 0.29) is 5.92 Å². The molecule has 1 aliphatic carbocycles. The largest absolute Gasteiger partial charge is 0.382 e. The summed E-state index contributed by atoms with van der Waals surface area (Å²) in [5.74, 6) is 0.732. The van der Waals surface area contributed by atoms with Crippen LogP contribution in [-0.4, -0.2) is 15.0 Å². The van der Waals surface area contributed by atoms with Crippen molar-refractivity contribution < 1.29 is 0 Å². The van der Waals surface area contributed by atoms with Crippen molar-refractivity contribution in [3.63, 3.8) is 0 Å². The first-order chi connectivity index (χ1) is 7.86. The smallest absolute Gasteiger partial charge is 0.145 e. The lowest BCUT2D eigenvalue weighted by Gasteiger charge is -2.10. The van der Waals surface area contributed by atoms with Crippen molar-refractivity contribution in [2.45, 2.75) is 18.8 Å². The molecule has 2 heterocycles. The van der Waals surface area contributed by atoms with Crippen LogP contribution in [0.5, 0.6) is 0 Å². The molecule has 0 aliphatic heterocycles. The van der Waals surface area contributed by atoms with Gasteiger partial charge in [0.1, 0.15) is 5.82 Å². The highest BCUT2D eigenvalue weighted by atomic mass is 14.9. The SMILES string of the molecule is Nc1nccnc1C1CCc2cccnc21. The van der Waals surface area contributed by atoms with Gasteiger partial charge < -0.3 is 5.73 Å². The molecule has 16 heavy (non-hydrogen) atoms. The van der Waals surface area contributed by atoms with Gasteiger partial charge in [0, 0.05) is 24.5 Å². The molecule has 2 aromatic heterocycles. The molecule has 1 aliphatic rings. The predicted octanol–water partition coefficient (Wildman–Crippen LogP) is 1.53. The monoisotopic (exact) mass is 212 g/mol. The van der Waals surface area contributed by atoms with Gasteiger partial charge in [-0.3, -0.25) is 9.97 Å². The first kappa shape index (κ1) is 9.27. The van der Waals surface area contributed by atoms with Gasteiger partial charge in [-0.05, 0) is 24.5 Å². The van der Waals surface area contributed by atoms with Gasteiger partial charge in [-0.2, -0.15) is 0 Å². The third-order valence-corrected chi connectivity index (χ3v) is 3.04. The molecule has 1 atom stereocenters. The molecule has 4 heteroatoms. The molecule has 0 saturated carbocycles. The summed E-state index contributed by atoms with van der Waals surface area (Å²) in [6.07, 6.45) is 7.20. The molecule has 0 saturated heterocycles. The number of nitrogens with zero attached hydrogens (tertiary/aromatic N) is 3. The third kappa shape index (κ3) is 1.34. The maximum Gasteiger partial charge on any atom is 0.145 e. The number of aryl methyl sites for hydroxylation is 1. The molecule has 80 valence electrons. The fraction of sp³-hybridized carbons (Fsp3) is 0.250. The normalized spacial score (nSPS) is 18.4. The number of fused-ring (bicyclic) bond motifs is 1. The van der Waals surface area contributed by atoms with Crippen LogP contribution in [0.2, 0.25) is 0 Å². The van der Waals surface area contributed by atoms with Crippen molar-refractivity contribution in [1.82, 2.24) is 15.0 Å². The number of pyridine rings is 1. The summed E-state index contributed by atoms with van der Waals surface area (Å²) < 4.78 is 0. The van der Waals surface area contributed by atoms with Crippen LogP contribution >= 0.6 is 0 Å². The first-order valence-electron chi connectivity index (χ1n) is 5.36. The second kappa shape index (κ2) is 3.56. The molecule has 0 aromatic carbocycles. The van der Waals surface area contributed by atoms with Crippen molar-refractivity contribution in [3.05, 3.63) is 47.7 Å². The van der Waals surface area contributed by atoms with E-state index in [1.54, 1.807) is 12.4 Å². The maximum absolute atomic E-state index is 5.86. The number of hydrogen-bond acceptors (Lipinski definition) is 4. The first-order valence-corrected chi connectivity index (χ1v) is 5.36. The quantitative estimate of drug-likeness (QED) is 0.778. The van der Waals surface area contributed by atoms with Crippen LogP contribution in [0.3, 0.4) is 0 Å². The van der Waals surface area contributed by atoms with Crippen molar-refractivity contribution in [3.8, 4) is 0 Å². The lowest BCUT2D eigenvalue weighted by molar-refractivity contribution is 0.744. The Morgan fingerprint density at radius 1 is 1.06 bits per heavy atom. The van der Waals surface area contributed by atoms with E-state index in [4.69, 9.17) is 5.73 Å². The van der Waals surface area contributed by atoms with E-state index >= 15 is 0 Å². The Hall–Kier alpha value is -1.97. The molecule has 0 radical (unpaired) electrons. The van der Waals surface area contributed by atoms with E-state index in [9.17, 15) is 0 Å². The summed E-state index contributed by atoms with van der Waals surface area (Å²) in [7, 11) is 0. The van der Waals surface area contributed by atoms with Crippen LogP contribution in [0.15, 0.2) is 30.7 Å². The van der Waals surface area contributed by atoms with Gasteiger partial charge in [-0.25, -0.2) is 4.98 Å². The molecule has 4 nitrogen and oxygen atoms in total. The van der Waals surface area contributed by atoms with Crippen LogP contribution in [0.25, 0.3) is 0 Å². The summed E-state index contributed by atoms with van der Waals surface area (Å²) in [4.78, 5) is 12.9. The predicted molar refractivity (Wildman–Crippen MR) is 60.8 cm³/mol. The lowest BCUT2D eigenvalue weighted by Crippen LogP contribution is -2.06. The van der Waals surface area contributed by atoms with E-state index in [1.807, 2.05) is 12.3 Å². The highest BCUT2D eigenvalue weighted by Crippen LogP contribution is 2.36. The van der Waals surface area contributed by atoms with Gasteiger partial charge in [-0.15, -0.1) is 0 Å². The Labute approximate surface area is 93.6 Å². The van der Waals surface area contributed by atoms with E-state index in [0.29, 0.717) is 5.82 Å². The Kier molecular flexibility index (Phi) is 2.06. The molecule has 0 spiro atoms. The van der Waals surface area contributed by atoms with Crippen LogP contribution < -0.4 is 5.73 Å². The fourth-order valence-corrected chi connectivity index (χ4v) is 2.31. The van der Waals surface area contributed by atoms with Crippen molar-refractivity contribution >= 4 is 5.82 Å². The lowest BCUT2D eigenvalue weighted by atomic mass is 10.0. The molecular weight excluding hydrogens is 200 g/mol. The number of nitrogen functional groups attached to an aromatic ring is 1. The molecule has 2 N–H and O–H groups in total. The third-order valence-electron chi connectivity index (χ3n) is 3.04. The number of hydrogen-bond donors (Lipinski definition) is 1. The zero-order valence-corrected chi connectivity index (χ0v) is 8.80. The van der Waals surface area contributed by atoms with E-state index < -0.39 is 0 Å². The minimum absolute atomic E-state index is 0.213.